The number of carbonyl (C=O) groups excluding carboxylic acids is 1. The molecule has 0 aliphatic rings. The molecule has 2 aromatic heterocycles. The zero-order valence-corrected chi connectivity index (χ0v) is 10.8. The van der Waals surface area contributed by atoms with Crippen molar-refractivity contribution in [1.29, 1.82) is 0 Å². The predicted octanol–water partition coefficient (Wildman–Crippen LogP) is 2.67. The van der Waals surface area contributed by atoms with Crippen molar-refractivity contribution < 1.29 is 9.32 Å². The monoisotopic (exact) mass is 270 g/mol. The molecule has 0 aromatic carbocycles. The molecule has 17 heavy (non-hydrogen) atoms. The summed E-state index contributed by atoms with van der Waals surface area (Å²) in [6.45, 7) is 2.30. The lowest BCUT2D eigenvalue weighted by Crippen LogP contribution is -2.25. The zero-order valence-electron chi connectivity index (χ0n) is 9.20. The fourth-order valence-corrected chi connectivity index (χ4v) is 2.44. The van der Waals surface area contributed by atoms with E-state index in [0.29, 0.717) is 18.0 Å². The molecule has 4 nitrogen and oxygen atoms in total. The van der Waals surface area contributed by atoms with Crippen LogP contribution in [0.25, 0.3) is 0 Å². The van der Waals surface area contributed by atoms with Crippen LogP contribution in [-0.2, 0) is 6.42 Å². The van der Waals surface area contributed by atoms with Gasteiger partial charge in [0.05, 0.1) is 4.34 Å². The first kappa shape index (κ1) is 12.1. The van der Waals surface area contributed by atoms with Crippen molar-refractivity contribution in [2.45, 2.75) is 13.3 Å². The number of thiophene rings is 1. The van der Waals surface area contributed by atoms with Crippen molar-refractivity contribution in [3.05, 3.63) is 38.9 Å². The standard InChI is InChI=1S/C11H11ClN2O2S/c1-7-6-9(14-16-7)11(15)13-5-4-8-2-3-10(12)17-8/h2-3,6H,4-5H2,1H3,(H,13,15). The smallest absolute Gasteiger partial charge is 0.273 e. The molecule has 1 amide bonds. The van der Waals surface area contributed by atoms with Crippen LogP contribution >= 0.6 is 22.9 Å². The normalized spacial score (nSPS) is 10.5. The number of hydrogen-bond acceptors (Lipinski definition) is 4. The van der Waals surface area contributed by atoms with Gasteiger partial charge in [-0.25, -0.2) is 0 Å². The van der Waals surface area contributed by atoms with E-state index in [1.807, 2.05) is 12.1 Å². The Balaban J connectivity index is 1.81. The molecule has 0 aliphatic carbocycles. The Labute approximate surface area is 108 Å². The molecule has 90 valence electrons. The average molecular weight is 271 g/mol. The van der Waals surface area contributed by atoms with E-state index in [9.17, 15) is 4.79 Å². The van der Waals surface area contributed by atoms with Crippen molar-refractivity contribution >= 4 is 28.8 Å². The summed E-state index contributed by atoms with van der Waals surface area (Å²) in [6.07, 6.45) is 0.764. The third-order valence-electron chi connectivity index (χ3n) is 2.15. The maximum absolute atomic E-state index is 11.6. The molecule has 0 spiro atoms. The van der Waals surface area contributed by atoms with Crippen LogP contribution in [0, 0.1) is 6.92 Å². The van der Waals surface area contributed by atoms with E-state index < -0.39 is 0 Å². The summed E-state index contributed by atoms with van der Waals surface area (Å²) in [5, 5.41) is 6.41. The molecule has 2 heterocycles. The summed E-state index contributed by atoms with van der Waals surface area (Å²) < 4.78 is 5.59. The van der Waals surface area contributed by atoms with Gasteiger partial charge in [0.15, 0.2) is 5.69 Å². The lowest BCUT2D eigenvalue weighted by molar-refractivity contribution is 0.0945. The Morgan fingerprint density at radius 2 is 2.41 bits per heavy atom. The molecular weight excluding hydrogens is 260 g/mol. The van der Waals surface area contributed by atoms with Crippen LogP contribution in [-0.4, -0.2) is 17.6 Å². The SMILES string of the molecule is Cc1cc(C(=O)NCCc2ccc(Cl)s2)no1. The topological polar surface area (TPSA) is 55.1 Å². The molecule has 0 saturated carbocycles. The highest BCUT2D eigenvalue weighted by Gasteiger charge is 2.09. The number of amides is 1. The summed E-state index contributed by atoms with van der Waals surface area (Å²) in [4.78, 5) is 12.7. The van der Waals surface area contributed by atoms with Gasteiger partial charge < -0.3 is 9.84 Å². The first-order valence-electron chi connectivity index (χ1n) is 5.11. The largest absolute Gasteiger partial charge is 0.361 e. The van der Waals surface area contributed by atoms with Crippen molar-refractivity contribution in [2.24, 2.45) is 0 Å². The minimum atomic E-state index is -0.218. The van der Waals surface area contributed by atoms with Gasteiger partial charge in [-0.05, 0) is 25.5 Å². The van der Waals surface area contributed by atoms with Crippen molar-refractivity contribution in [3.63, 3.8) is 0 Å². The number of nitrogens with zero attached hydrogens (tertiary/aromatic N) is 1. The molecule has 0 saturated heterocycles. The maximum Gasteiger partial charge on any atom is 0.273 e. The summed E-state index contributed by atoms with van der Waals surface area (Å²) in [7, 11) is 0. The highest BCUT2D eigenvalue weighted by Crippen LogP contribution is 2.21. The molecule has 0 bridgehead atoms. The number of aromatic nitrogens is 1. The van der Waals surface area contributed by atoms with Crippen LogP contribution in [0.5, 0.6) is 0 Å². The Hall–Kier alpha value is -1.33. The number of carbonyl (C=O) groups is 1. The van der Waals surface area contributed by atoms with Gasteiger partial charge in [0, 0.05) is 17.5 Å². The molecule has 2 rings (SSSR count). The summed E-state index contributed by atoms with van der Waals surface area (Å²) in [5.41, 5.74) is 0.312. The minimum absolute atomic E-state index is 0.218. The Bertz CT molecular complexity index is 521. The second-order valence-corrected chi connectivity index (χ2v) is 5.33. The third-order valence-corrected chi connectivity index (χ3v) is 3.44. The fourth-order valence-electron chi connectivity index (χ4n) is 1.35. The zero-order chi connectivity index (χ0) is 12.3. The molecule has 0 atom stereocenters. The van der Waals surface area contributed by atoms with E-state index in [-0.39, 0.29) is 5.91 Å². The van der Waals surface area contributed by atoms with Gasteiger partial charge in [-0.1, -0.05) is 16.8 Å². The van der Waals surface area contributed by atoms with Gasteiger partial charge in [0.1, 0.15) is 5.76 Å². The lowest BCUT2D eigenvalue weighted by atomic mass is 10.3. The van der Waals surface area contributed by atoms with Crippen molar-refractivity contribution in [2.75, 3.05) is 6.54 Å². The van der Waals surface area contributed by atoms with E-state index in [1.165, 1.54) is 11.3 Å². The Morgan fingerprint density at radius 3 is 3.00 bits per heavy atom. The number of hydrogen-bond donors (Lipinski definition) is 1. The second kappa shape index (κ2) is 5.33. The van der Waals surface area contributed by atoms with Crippen LogP contribution in [0.4, 0.5) is 0 Å². The van der Waals surface area contributed by atoms with Crippen LogP contribution in [0.1, 0.15) is 21.1 Å². The van der Waals surface area contributed by atoms with E-state index >= 15 is 0 Å². The molecule has 0 unspecified atom stereocenters. The fraction of sp³-hybridized carbons (Fsp3) is 0.273. The number of halogens is 1. The first-order chi connectivity index (χ1) is 8.15. The first-order valence-corrected chi connectivity index (χ1v) is 6.30. The van der Waals surface area contributed by atoms with Crippen LogP contribution in [0.3, 0.4) is 0 Å². The van der Waals surface area contributed by atoms with Crippen molar-refractivity contribution in [3.8, 4) is 0 Å². The summed E-state index contributed by atoms with van der Waals surface area (Å²) >= 11 is 7.33. The van der Waals surface area contributed by atoms with E-state index in [0.717, 1.165) is 15.6 Å². The molecular formula is C11H11ClN2O2S. The van der Waals surface area contributed by atoms with Gasteiger partial charge in [-0.2, -0.15) is 0 Å². The highest BCUT2D eigenvalue weighted by molar-refractivity contribution is 7.16. The lowest BCUT2D eigenvalue weighted by Gasteiger charge is -2.00. The van der Waals surface area contributed by atoms with Gasteiger partial charge in [0.2, 0.25) is 0 Å². The average Bonchev–Trinajstić information content (AvgIpc) is 2.88. The van der Waals surface area contributed by atoms with E-state index in [2.05, 4.69) is 10.5 Å². The molecule has 1 N–H and O–H groups in total. The molecule has 2 aromatic rings. The molecule has 0 radical (unpaired) electrons. The Morgan fingerprint density at radius 1 is 1.59 bits per heavy atom. The van der Waals surface area contributed by atoms with Crippen LogP contribution in [0.2, 0.25) is 4.34 Å². The summed E-state index contributed by atoms with van der Waals surface area (Å²) in [5.74, 6) is 0.407. The van der Waals surface area contributed by atoms with Gasteiger partial charge in [0.25, 0.3) is 5.91 Å². The maximum atomic E-state index is 11.6. The Kier molecular flexibility index (Phi) is 3.81. The van der Waals surface area contributed by atoms with Gasteiger partial charge >= 0.3 is 0 Å². The molecule has 0 aliphatic heterocycles. The second-order valence-electron chi connectivity index (χ2n) is 3.53. The number of rotatable bonds is 4. The molecule has 6 heteroatoms. The van der Waals surface area contributed by atoms with Crippen molar-refractivity contribution in [1.82, 2.24) is 10.5 Å². The van der Waals surface area contributed by atoms with Crippen LogP contribution in [0.15, 0.2) is 22.7 Å². The minimum Gasteiger partial charge on any atom is -0.361 e. The molecule has 0 fully saturated rings. The van der Waals surface area contributed by atoms with Gasteiger partial charge in [-0.3, -0.25) is 4.79 Å². The highest BCUT2D eigenvalue weighted by atomic mass is 35.5. The van der Waals surface area contributed by atoms with E-state index in [1.54, 1.807) is 13.0 Å². The van der Waals surface area contributed by atoms with Gasteiger partial charge in [-0.15, -0.1) is 11.3 Å². The number of aryl methyl sites for hydroxylation is 1. The quantitative estimate of drug-likeness (QED) is 0.929. The predicted molar refractivity (Wildman–Crippen MR) is 66.6 cm³/mol. The third kappa shape index (κ3) is 3.31. The summed E-state index contributed by atoms with van der Waals surface area (Å²) in [6, 6.07) is 5.42. The number of nitrogens with one attached hydrogen (secondary N) is 1. The van der Waals surface area contributed by atoms with Crippen LogP contribution < -0.4 is 5.32 Å². The van der Waals surface area contributed by atoms with E-state index in [4.69, 9.17) is 16.1 Å².